The molecule has 0 bridgehead atoms. The Kier molecular flexibility index (Phi) is 4.02. The van der Waals surface area contributed by atoms with E-state index in [-0.39, 0.29) is 0 Å². The minimum atomic E-state index is 0.407. The van der Waals surface area contributed by atoms with Crippen LogP contribution in [0.3, 0.4) is 0 Å². The fraction of sp³-hybridized carbons (Fsp3) is 0.438. The SMILES string of the molecule is COC1CCCC(Nc2ccc(-n3cccn3)cc2)C1. The molecule has 3 rings (SSSR count). The van der Waals surface area contributed by atoms with Gasteiger partial charge in [-0.05, 0) is 56.0 Å². The largest absolute Gasteiger partial charge is 0.382 e. The van der Waals surface area contributed by atoms with Gasteiger partial charge in [-0.2, -0.15) is 5.10 Å². The topological polar surface area (TPSA) is 39.1 Å². The van der Waals surface area contributed by atoms with Crippen LogP contribution >= 0.6 is 0 Å². The van der Waals surface area contributed by atoms with E-state index in [1.807, 2.05) is 24.1 Å². The van der Waals surface area contributed by atoms with Crippen molar-refractivity contribution in [2.75, 3.05) is 12.4 Å². The summed E-state index contributed by atoms with van der Waals surface area (Å²) in [5, 5.41) is 7.84. The van der Waals surface area contributed by atoms with Crippen molar-refractivity contribution >= 4 is 5.69 Å². The van der Waals surface area contributed by atoms with E-state index >= 15 is 0 Å². The van der Waals surface area contributed by atoms with Gasteiger partial charge in [0.2, 0.25) is 0 Å². The van der Waals surface area contributed by atoms with Crippen LogP contribution in [0.2, 0.25) is 0 Å². The molecular formula is C16H21N3O. The zero-order valence-corrected chi connectivity index (χ0v) is 11.8. The summed E-state index contributed by atoms with van der Waals surface area (Å²) in [5.74, 6) is 0. The predicted molar refractivity (Wildman–Crippen MR) is 80.2 cm³/mol. The highest BCUT2D eigenvalue weighted by Crippen LogP contribution is 2.24. The molecule has 2 atom stereocenters. The minimum Gasteiger partial charge on any atom is -0.382 e. The Bertz CT molecular complexity index is 521. The van der Waals surface area contributed by atoms with Crippen LogP contribution in [0.1, 0.15) is 25.7 Å². The number of benzene rings is 1. The summed E-state index contributed by atoms with van der Waals surface area (Å²) in [6.45, 7) is 0. The van der Waals surface area contributed by atoms with Crippen LogP contribution in [-0.2, 0) is 4.74 Å². The Balaban J connectivity index is 1.63. The number of rotatable bonds is 4. The fourth-order valence-electron chi connectivity index (χ4n) is 2.86. The summed E-state index contributed by atoms with van der Waals surface area (Å²) in [5.41, 5.74) is 2.25. The smallest absolute Gasteiger partial charge is 0.0647 e. The van der Waals surface area contributed by atoms with Gasteiger partial charge in [0.25, 0.3) is 0 Å². The van der Waals surface area contributed by atoms with E-state index < -0.39 is 0 Å². The average Bonchev–Trinajstić information content (AvgIpc) is 3.02. The standard InChI is InChI=1S/C16H21N3O/c1-20-16-5-2-4-14(12-16)18-13-6-8-15(9-7-13)19-11-3-10-17-19/h3,6-11,14,16,18H,2,4-5,12H2,1H3. The summed E-state index contributed by atoms with van der Waals surface area (Å²) < 4.78 is 7.34. The van der Waals surface area contributed by atoms with Crippen LogP contribution in [0.25, 0.3) is 5.69 Å². The highest BCUT2D eigenvalue weighted by atomic mass is 16.5. The van der Waals surface area contributed by atoms with E-state index in [1.165, 1.54) is 24.9 Å². The summed E-state index contributed by atoms with van der Waals surface area (Å²) in [7, 11) is 1.81. The lowest BCUT2D eigenvalue weighted by Crippen LogP contribution is -2.30. The van der Waals surface area contributed by atoms with E-state index in [1.54, 1.807) is 6.20 Å². The van der Waals surface area contributed by atoms with Gasteiger partial charge in [-0.1, -0.05) is 0 Å². The van der Waals surface area contributed by atoms with Crippen molar-refractivity contribution in [3.63, 3.8) is 0 Å². The van der Waals surface area contributed by atoms with Crippen molar-refractivity contribution in [3.05, 3.63) is 42.7 Å². The molecule has 2 aromatic rings. The molecule has 106 valence electrons. The van der Waals surface area contributed by atoms with Gasteiger partial charge in [0.15, 0.2) is 0 Å². The van der Waals surface area contributed by atoms with Crippen molar-refractivity contribution in [2.24, 2.45) is 0 Å². The van der Waals surface area contributed by atoms with Crippen LogP contribution in [0.5, 0.6) is 0 Å². The molecule has 0 aliphatic heterocycles. The van der Waals surface area contributed by atoms with Crippen molar-refractivity contribution in [3.8, 4) is 5.69 Å². The van der Waals surface area contributed by atoms with E-state index in [4.69, 9.17) is 4.74 Å². The van der Waals surface area contributed by atoms with Gasteiger partial charge < -0.3 is 10.1 Å². The first kappa shape index (κ1) is 13.2. The summed E-state index contributed by atoms with van der Waals surface area (Å²) in [6, 6.07) is 10.9. The third-order valence-corrected chi connectivity index (χ3v) is 3.97. The molecule has 1 saturated carbocycles. The molecule has 0 saturated heterocycles. The monoisotopic (exact) mass is 271 g/mol. The normalized spacial score (nSPS) is 22.6. The van der Waals surface area contributed by atoms with Crippen LogP contribution in [-0.4, -0.2) is 29.0 Å². The first-order valence-corrected chi connectivity index (χ1v) is 7.24. The Morgan fingerprint density at radius 1 is 1.25 bits per heavy atom. The predicted octanol–water partition coefficient (Wildman–Crippen LogP) is 3.24. The maximum absolute atomic E-state index is 5.48. The van der Waals surface area contributed by atoms with E-state index in [0.29, 0.717) is 12.1 Å². The molecule has 0 amide bonds. The Morgan fingerprint density at radius 3 is 2.80 bits per heavy atom. The first-order chi connectivity index (χ1) is 9.85. The van der Waals surface area contributed by atoms with Crippen LogP contribution in [0.4, 0.5) is 5.69 Å². The van der Waals surface area contributed by atoms with Gasteiger partial charge in [0.1, 0.15) is 0 Å². The van der Waals surface area contributed by atoms with Gasteiger partial charge in [-0.15, -0.1) is 0 Å². The molecule has 1 aliphatic rings. The molecule has 1 aliphatic carbocycles. The molecule has 2 unspecified atom stereocenters. The van der Waals surface area contributed by atoms with E-state index in [2.05, 4.69) is 34.7 Å². The highest BCUT2D eigenvalue weighted by molar-refractivity contribution is 5.49. The van der Waals surface area contributed by atoms with Crippen molar-refractivity contribution in [1.29, 1.82) is 0 Å². The number of nitrogens with one attached hydrogen (secondary N) is 1. The molecule has 4 heteroatoms. The maximum atomic E-state index is 5.48. The molecule has 1 aromatic heterocycles. The van der Waals surface area contributed by atoms with Crippen LogP contribution < -0.4 is 5.32 Å². The number of hydrogen-bond acceptors (Lipinski definition) is 3. The third kappa shape index (κ3) is 3.02. The molecule has 0 spiro atoms. The highest BCUT2D eigenvalue weighted by Gasteiger charge is 2.21. The lowest BCUT2D eigenvalue weighted by Gasteiger charge is -2.29. The van der Waals surface area contributed by atoms with Crippen LogP contribution in [0.15, 0.2) is 42.7 Å². The Hall–Kier alpha value is -1.81. The number of aromatic nitrogens is 2. The van der Waals surface area contributed by atoms with Gasteiger partial charge in [-0.25, -0.2) is 4.68 Å². The zero-order valence-electron chi connectivity index (χ0n) is 11.8. The molecule has 1 N–H and O–H groups in total. The Labute approximate surface area is 119 Å². The number of nitrogens with zero attached hydrogens (tertiary/aromatic N) is 2. The van der Waals surface area contributed by atoms with Gasteiger partial charge >= 0.3 is 0 Å². The summed E-state index contributed by atoms with van der Waals surface area (Å²) in [4.78, 5) is 0. The van der Waals surface area contributed by atoms with E-state index in [9.17, 15) is 0 Å². The second-order valence-corrected chi connectivity index (χ2v) is 5.36. The maximum Gasteiger partial charge on any atom is 0.0647 e. The molecule has 0 radical (unpaired) electrons. The van der Waals surface area contributed by atoms with E-state index in [0.717, 1.165) is 12.1 Å². The average molecular weight is 271 g/mol. The lowest BCUT2D eigenvalue weighted by atomic mass is 9.92. The quantitative estimate of drug-likeness (QED) is 0.928. The lowest BCUT2D eigenvalue weighted by molar-refractivity contribution is 0.0669. The number of anilines is 1. The first-order valence-electron chi connectivity index (χ1n) is 7.24. The summed E-state index contributed by atoms with van der Waals surface area (Å²) >= 11 is 0. The summed E-state index contributed by atoms with van der Waals surface area (Å²) in [6.07, 6.45) is 8.89. The second-order valence-electron chi connectivity index (χ2n) is 5.36. The third-order valence-electron chi connectivity index (χ3n) is 3.97. The zero-order chi connectivity index (χ0) is 13.8. The molecule has 1 heterocycles. The number of ether oxygens (including phenoxy) is 1. The molecule has 1 fully saturated rings. The van der Waals surface area contributed by atoms with Crippen molar-refractivity contribution in [1.82, 2.24) is 9.78 Å². The molecular weight excluding hydrogens is 250 g/mol. The van der Waals surface area contributed by atoms with Gasteiger partial charge in [-0.3, -0.25) is 0 Å². The van der Waals surface area contributed by atoms with Crippen LogP contribution in [0, 0.1) is 0 Å². The van der Waals surface area contributed by atoms with Gasteiger partial charge in [0, 0.05) is 31.2 Å². The number of methoxy groups -OCH3 is 1. The second kappa shape index (κ2) is 6.09. The number of hydrogen-bond donors (Lipinski definition) is 1. The Morgan fingerprint density at radius 2 is 2.10 bits per heavy atom. The minimum absolute atomic E-state index is 0.407. The van der Waals surface area contributed by atoms with Crippen molar-refractivity contribution in [2.45, 2.75) is 37.8 Å². The molecule has 1 aromatic carbocycles. The molecule has 20 heavy (non-hydrogen) atoms. The fourth-order valence-corrected chi connectivity index (χ4v) is 2.86. The van der Waals surface area contributed by atoms with Gasteiger partial charge in [0.05, 0.1) is 11.8 Å². The van der Waals surface area contributed by atoms with Crippen molar-refractivity contribution < 1.29 is 4.74 Å². The molecule has 4 nitrogen and oxygen atoms in total.